The number of rotatable bonds is 3. The minimum Gasteiger partial charge on any atom is -0.505 e. The number of halogens is 2. The molecule has 20 heavy (non-hydrogen) atoms. The van der Waals surface area contributed by atoms with Crippen molar-refractivity contribution in [3.63, 3.8) is 0 Å². The Kier molecular flexibility index (Phi) is 4.01. The van der Waals surface area contributed by atoms with Crippen molar-refractivity contribution in [2.24, 2.45) is 0 Å². The van der Waals surface area contributed by atoms with Gasteiger partial charge in [0.2, 0.25) is 0 Å². The van der Waals surface area contributed by atoms with E-state index in [-0.39, 0.29) is 9.37 Å². The first-order valence-electron chi connectivity index (χ1n) is 5.58. The number of benzene rings is 2. The summed E-state index contributed by atoms with van der Waals surface area (Å²) >= 11 is 3.00. The monoisotopic (exact) mass is 359 g/mol. The van der Waals surface area contributed by atoms with Crippen molar-refractivity contribution < 1.29 is 17.9 Å². The normalized spacial score (nSPS) is 11.3. The molecule has 0 atom stereocenters. The largest absolute Gasteiger partial charge is 0.505 e. The third-order valence-electron chi connectivity index (χ3n) is 2.65. The summed E-state index contributed by atoms with van der Waals surface area (Å²) in [6.07, 6.45) is 0. The molecule has 2 rings (SSSR count). The average molecular weight is 360 g/mol. The van der Waals surface area contributed by atoms with Crippen LogP contribution >= 0.6 is 15.9 Å². The Morgan fingerprint density at radius 1 is 1.15 bits per heavy atom. The first-order chi connectivity index (χ1) is 9.31. The van der Waals surface area contributed by atoms with Crippen molar-refractivity contribution in [3.05, 3.63) is 52.3 Å². The highest BCUT2D eigenvalue weighted by molar-refractivity contribution is 9.10. The van der Waals surface area contributed by atoms with Crippen LogP contribution in [0.15, 0.2) is 45.8 Å². The van der Waals surface area contributed by atoms with Gasteiger partial charge in [-0.15, -0.1) is 0 Å². The van der Waals surface area contributed by atoms with Gasteiger partial charge in [0.15, 0.2) is 11.6 Å². The van der Waals surface area contributed by atoms with Crippen molar-refractivity contribution in [3.8, 4) is 5.75 Å². The first-order valence-corrected chi connectivity index (χ1v) is 7.85. The minimum absolute atomic E-state index is 0.0122. The highest BCUT2D eigenvalue weighted by Gasteiger charge is 2.20. The van der Waals surface area contributed by atoms with Crippen molar-refractivity contribution in [1.29, 1.82) is 0 Å². The van der Waals surface area contributed by atoms with Crippen LogP contribution in [0.1, 0.15) is 5.56 Å². The number of nitrogens with one attached hydrogen (secondary N) is 1. The number of aryl methyl sites for hydroxylation is 1. The highest BCUT2D eigenvalue weighted by Crippen LogP contribution is 2.35. The number of sulfonamides is 1. The second-order valence-electron chi connectivity index (χ2n) is 4.17. The number of hydrogen-bond donors (Lipinski definition) is 2. The summed E-state index contributed by atoms with van der Waals surface area (Å²) in [6.45, 7) is 1.82. The van der Waals surface area contributed by atoms with E-state index in [0.29, 0.717) is 0 Å². The zero-order chi connectivity index (χ0) is 14.9. The maximum absolute atomic E-state index is 13.6. The number of phenolic OH excluding ortho intramolecular Hbond substituents is 1. The van der Waals surface area contributed by atoms with Crippen LogP contribution < -0.4 is 4.72 Å². The summed E-state index contributed by atoms with van der Waals surface area (Å²) in [4.78, 5) is -0.0122. The maximum atomic E-state index is 13.6. The molecular weight excluding hydrogens is 349 g/mol. The molecule has 0 saturated heterocycles. The Hall–Kier alpha value is -1.60. The molecule has 0 unspecified atom stereocenters. The molecule has 0 aliphatic heterocycles. The van der Waals surface area contributed by atoms with Crippen LogP contribution in [0.25, 0.3) is 0 Å². The van der Waals surface area contributed by atoms with Gasteiger partial charge in [0.25, 0.3) is 10.0 Å². The standard InChI is InChI=1S/C13H11BrFNO3S/c1-8-2-4-9(5-3-8)20(18,19)16-12-11(15)7-6-10(14)13(12)17/h2-7,16-17H,1H3. The molecule has 0 bridgehead atoms. The Bertz CT molecular complexity index is 745. The van der Waals surface area contributed by atoms with Crippen LogP contribution in [0.5, 0.6) is 5.75 Å². The van der Waals surface area contributed by atoms with E-state index in [4.69, 9.17) is 0 Å². The van der Waals surface area contributed by atoms with Gasteiger partial charge in [-0.3, -0.25) is 4.72 Å². The topological polar surface area (TPSA) is 66.4 Å². The number of hydrogen-bond acceptors (Lipinski definition) is 3. The zero-order valence-electron chi connectivity index (χ0n) is 10.4. The Labute approximate surface area is 124 Å². The van der Waals surface area contributed by atoms with Gasteiger partial charge in [0.1, 0.15) is 5.69 Å². The van der Waals surface area contributed by atoms with Gasteiger partial charge < -0.3 is 5.11 Å². The molecule has 2 aromatic rings. The predicted molar refractivity (Wildman–Crippen MR) is 77.8 cm³/mol. The molecular formula is C13H11BrFNO3S. The molecule has 0 saturated carbocycles. The summed E-state index contributed by atoms with van der Waals surface area (Å²) < 4.78 is 40.1. The Balaban J connectivity index is 2.43. The van der Waals surface area contributed by atoms with Crippen LogP contribution in [-0.4, -0.2) is 13.5 Å². The lowest BCUT2D eigenvalue weighted by atomic mass is 10.2. The van der Waals surface area contributed by atoms with Gasteiger partial charge in [0, 0.05) is 0 Å². The molecule has 7 heteroatoms. The molecule has 0 fully saturated rings. The molecule has 2 aromatic carbocycles. The van der Waals surface area contributed by atoms with Crippen molar-refractivity contribution in [1.82, 2.24) is 0 Å². The fourth-order valence-corrected chi connectivity index (χ4v) is 2.95. The lowest BCUT2D eigenvalue weighted by molar-refractivity contribution is 0.469. The molecule has 0 spiro atoms. The van der Waals surface area contributed by atoms with Crippen LogP contribution in [-0.2, 0) is 10.0 Å². The summed E-state index contributed by atoms with van der Waals surface area (Å²) in [5, 5.41) is 9.72. The molecule has 0 aromatic heterocycles. The molecule has 0 aliphatic carbocycles. The number of aromatic hydroxyl groups is 1. The fraction of sp³-hybridized carbons (Fsp3) is 0.0769. The Morgan fingerprint density at radius 3 is 2.35 bits per heavy atom. The summed E-state index contributed by atoms with van der Waals surface area (Å²) in [6, 6.07) is 8.41. The average Bonchev–Trinajstić information content (AvgIpc) is 2.40. The van der Waals surface area contributed by atoms with E-state index >= 15 is 0 Å². The van der Waals surface area contributed by atoms with E-state index in [1.54, 1.807) is 12.1 Å². The lowest BCUT2D eigenvalue weighted by Crippen LogP contribution is -2.14. The molecule has 0 aliphatic rings. The van der Waals surface area contributed by atoms with Crippen LogP contribution in [0, 0.1) is 12.7 Å². The fourth-order valence-electron chi connectivity index (χ4n) is 1.55. The van der Waals surface area contributed by atoms with Gasteiger partial charge in [0.05, 0.1) is 9.37 Å². The van der Waals surface area contributed by atoms with E-state index in [1.807, 2.05) is 11.6 Å². The second-order valence-corrected chi connectivity index (χ2v) is 6.71. The van der Waals surface area contributed by atoms with Crippen LogP contribution in [0.4, 0.5) is 10.1 Å². The Morgan fingerprint density at radius 2 is 1.75 bits per heavy atom. The van der Waals surface area contributed by atoms with Gasteiger partial charge in [-0.05, 0) is 47.1 Å². The molecule has 2 N–H and O–H groups in total. The van der Waals surface area contributed by atoms with Gasteiger partial charge in [-0.1, -0.05) is 17.7 Å². The van der Waals surface area contributed by atoms with Crippen LogP contribution in [0.3, 0.4) is 0 Å². The minimum atomic E-state index is -3.96. The quantitative estimate of drug-likeness (QED) is 0.825. The highest BCUT2D eigenvalue weighted by atomic mass is 79.9. The first kappa shape index (κ1) is 14.8. The van der Waals surface area contributed by atoms with Crippen LogP contribution in [0.2, 0.25) is 0 Å². The molecule has 0 radical (unpaired) electrons. The summed E-state index contributed by atoms with van der Waals surface area (Å²) in [5.74, 6) is -1.36. The third kappa shape index (κ3) is 2.94. The molecule has 4 nitrogen and oxygen atoms in total. The second kappa shape index (κ2) is 5.41. The molecule has 0 amide bonds. The van der Waals surface area contributed by atoms with Crippen molar-refractivity contribution in [2.75, 3.05) is 4.72 Å². The molecule has 106 valence electrons. The predicted octanol–water partition coefficient (Wildman–Crippen LogP) is 3.40. The van der Waals surface area contributed by atoms with E-state index < -0.39 is 27.3 Å². The van der Waals surface area contributed by atoms with Crippen molar-refractivity contribution >= 4 is 31.6 Å². The zero-order valence-corrected chi connectivity index (χ0v) is 12.8. The van der Waals surface area contributed by atoms with E-state index in [2.05, 4.69) is 15.9 Å². The number of phenols is 1. The lowest BCUT2D eigenvalue weighted by Gasteiger charge is -2.11. The smallest absolute Gasteiger partial charge is 0.262 e. The van der Waals surface area contributed by atoms with Gasteiger partial charge in [-0.25, -0.2) is 12.8 Å². The summed E-state index contributed by atoms with van der Waals surface area (Å²) in [7, 11) is -3.96. The van der Waals surface area contributed by atoms with Gasteiger partial charge >= 0.3 is 0 Å². The maximum Gasteiger partial charge on any atom is 0.262 e. The molecule has 0 heterocycles. The van der Waals surface area contributed by atoms with E-state index in [0.717, 1.165) is 11.6 Å². The van der Waals surface area contributed by atoms with Gasteiger partial charge in [-0.2, -0.15) is 0 Å². The van der Waals surface area contributed by atoms with E-state index in [1.165, 1.54) is 18.2 Å². The third-order valence-corrected chi connectivity index (χ3v) is 4.65. The summed E-state index contributed by atoms with van der Waals surface area (Å²) in [5.41, 5.74) is 0.417. The number of anilines is 1. The van der Waals surface area contributed by atoms with E-state index in [9.17, 15) is 17.9 Å². The SMILES string of the molecule is Cc1ccc(S(=O)(=O)Nc2c(F)ccc(Br)c2O)cc1. The van der Waals surface area contributed by atoms with Crippen molar-refractivity contribution in [2.45, 2.75) is 11.8 Å².